The number of ketones is 1. The average molecular weight is 208 g/mol. The quantitative estimate of drug-likeness (QED) is 0.654. The molecule has 0 aromatic heterocycles. The zero-order valence-corrected chi connectivity index (χ0v) is 9.66. The monoisotopic (exact) mass is 208 g/mol. The van der Waals surface area contributed by atoms with E-state index in [1.807, 2.05) is 6.92 Å². The molecule has 0 aromatic rings. The SMILES string of the molecule is C[C@H](C=O)[C@H]1CCC2C(=O)CCC[C@@]21C. The Hall–Kier alpha value is -0.660. The number of fused-ring (bicyclic) bond motifs is 1. The van der Waals surface area contributed by atoms with Gasteiger partial charge in [0.1, 0.15) is 12.1 Å². The van der Waals surface area contributed by atoms with Crippen molar-refractivity contribution in [2.75, 3.05) is 0 Å². The summed E-state index contributed by atoms with van der Waals surface area (Å²) in [5.41, 5.74) is 0.121. The van der Waals surface area contributed by atoms with Gasteiger partial charge in [0, 0.05) is 18.3 Å². The molecule has 2 nitrogen and oxygen atoms in total. The first-order valence-electron chi connectivity index (χ1n) is 6.07. The summed E-state index contributed by atoms with van der Waals surface area (Å²) in [5, 5.41) is 0. The molecule has 0 heterocycles. The topological polar surface area (TPSA) is 34.1 Å². The fourth-order valence-corrected chi connectivity index (χ4v) is 3.93. The Labute approximate surface area is 91.4 Å². The summed E-state index contributed by atoms with van der Waals surface area (Å²) in [6.45, 7) is 4.23. The van der Waals surface area contributed by atoms with Gasteiger partial charge in [0.2, 0.25) is 0 Å². The molecule has 15 heavy (non-hydrogen) atoms. The minimum absolute atomic E-state index is 0.117. The van der Waals surface area contributed by atoms with Crippen LogP contribution in [0.2, 0.25) is 0 Å². The molecule has 0 aliphatic heterocycles. The fraction of sp³-hybridized carbons (Fsp3) is 0.846. The van der Waals surface area contributed by atoms with Gasteiger partial charge in [-0.1, -0.05) is 13.8 Å². The maximum atomic E-state index is 11.8. The molecule has 2 aliphatic rings. The summed E-state index contributed by atoms with van der Waals surface area (Å²) < 4.78 is 0. The van der Waals surface area contributed by atoms with E-state index in [9.17, 15) is 9.59 Å². The zero-order valence-electron chi connectivity index (χ0n) is 9.66. The van der Waals surface area contributed by atoms with Crippen LogP contribution < -0.4 is 0 Å². The summed E-state index contributed by atoms with van der Waals surface area (Å²) in [5.74, 6) is 1.25. The molecule has 0 N–H and O–H groups in total. The Morgan fingerprint density at radius 3 is 2.87 bits per heavy atom. The lowest BCUT2D eigenvalue weighted by Crippen LogP contribution is -2.39. The minimum atomic E-state index is 0.117. The first-order chi connectivity index (χ1) is 7.09. The number of Topliss-reactive ketones (excluding diaryl/α,β-unsaturated/α-hetero) is 1. The smallest absolute Gasteiger partial charge is 0.136 e. The molecular weight excluding hydrogens is 188 g/mol. The molecule has 0 spiro atoms. The number of carbonyl (C=O) groups excluding carboxylic acids is 2. The molecule has 0 radical (unpaired) electrons. The number of carbonyl (C=O) groups is 2. The van der Waals surface area contributed by atoms with E-state index in [0.717, 1.165) is 38.4 Å². The molecule has 2 fully saturated rings. The number of aldehydes is 1. The lowest BCUT2D eigenvalue weighted by atomic mass is 9.62. The van der Waals surface area contributed by atoms with Gasteiger partial charge in [-0.25, -0.2) is 0 Å². The summed E-state index contributed by atoms with van der Waals surface area (Å²) >= 11 is 0. The second-order valence-electron chi connectivity index (χ2n) is 5.56. The molecule has 0 amide bonds. The maximum Gasteiger partial charge on any atom is 0.136 e. The van der Waals surface area contributed by atoms with Gasteiger partial charge >= 0.3 is 0 Å². The third-order valence-corrected chi connectivity index (χ3v) is 4.79. The number of rotatable bonds is 2. The molecule has 84 valence electrons. The fourth-order valence-electron chi connectivity index (χ4n) is 3.93. The first kappa shape index (κ1) is 10.8. The van der Waals surface area contributed by atoms with E-state index in [1.54, 1.807) is 0 Å². The van der Waals surface area contributed by atoms with Crippen LogP contribution in [0.25, 0.3) is 0 Å². The van der Waals surface area contributed by atoms with Crippen LogP contribution in [0, 0.1) is 23.2 Å². The van der Waals surface area contributed by atoms with E-state index in [0.29, 0.717) is 11.7 Å². The molecule has 4 atom stereocenters. The summed E-state index contributed by atoms with van der Waals surface area (Å²) in [7, 11) is 0. The van der Waals surface area contributed by atoms with Crippen LogP contribution in [0.3, 0.4) is 0 Å². The lowest BCUT2D eigenvalue weighted by Gasteiger charge is -2.41. The Morgan fingerprint density at radius 2 is 2.20 bits per heavy atom. The van der Waals surface area contributed by atoms with E-state index < -0.39 is 0 Å². The van der Waals surface area contributed by atoms with Crippen LogP contribution in [0.4, 0.5) is 0 Å². The van der Waals surface area contributed by atoms with E-state index >= 15 is 0 Å². The number of hydrogen-bond donors (Lipinski definition) is 0. The van der Waals surface area contributed by atoms with Gasteiger partial charge in [-0.2, -0.15) is 0 Å². The normalized spacial score (nSPS) is 42.4. The molecule has 1 unspecified atom stereocenters. The van der Waals surface area contributed by atoms with Crippen LogP contribution in [0.15, 0.2) is 0 Å². The van der Waals surface area contributed by atoms with Crippen LogP contribution >= 0.6 is 0 Å². The molecule has 0 saturated heterocycles. The predicted octanol–water partition coefficient (Wildman–Crippen LogP) is 2.61. The third kappa shape index (κ3) is 1.54. The van der Waals surface area contributed by atoms with Crippen molar-refractivity contribution in [1.82, 2.24) is 0 Å². The van der Waals surface area contributed by atoms with Crippen LogP contribution in [0.5, 0.6) is 0 Å². The first-order valence-corrected chi connectivity index (χ1v) is 6.07. The molecule has 2 rings (SSSR count). The van der Waals surface area contributed by atoms with Gasteiger partial charge in [0.25, 0.3) is 0 Å². The Morgan fingerprint density at radius 1 is 1.47 bits per heavy atom. The van der Waals surface area contributed by atoms with E-state index in [-0.39, 0.29) is 17.3 Å². The Balaban J connectivity index is 2.24. The molecule has 0 aromatic carbocycles. The van der Waals surface area contributed by atoms with Crippen molar-refractivity contribution >= 4 is 12.1 Å². The molecular formula is C13H20O2. The summed E-state index contributed by atoms with van der Waals surface area (Å²) in [4.78, 5) is 22.8. The van der Waals surface area contributed by atoms with Crippen LogP contribution in [0.1, 0.15) is 46.0 Å². The van der Waals surface area contributed by atoms with Gasteiger partial charge in [0.05, 0.1) is 0 Å². The Bertz CT molecular complexity index is 284. The molecule has 2 heteroatoms. The second kappa shape index (κ2) is 3.73. The van der Waals surface area contributed by atoms with Crippen molar-refractivity contribution in [3.05, 3.63) is 0 Å². The van der Waals surface area contributed by atoms with Crippen molar-refractivity contribution in [3.8, 4) is 0 Å². The van der Waals surface area contributed by atoms with E-state index in [1.165, 1.54) is 0 Å². The highest BCUT2D eigenvalue weighted by Gasteiger charge is 2.52. The van der Waals surface area contributed by atoms with E-state index in [2.05, 4.69) is 6.92 Å². The van der Waals surface area contributed by atoms with Crippen molar-refractivity contribution < 1.29 is 9.59 Å². The Kier molecular flexibility index (Phi) is 2.70. The molecule has 0 bridgehead atoms. The highest BCUT2D eigenvalue weighted by molar-refractivity contribution is 5.83. The van der Waals surface area contributed by atoms with Gasteiger partial charge in [-0.05, 0) is 37.0 Å². The largest absolute Gasteiger partial charge is 0.303 e. The maximum absolute atomic E-state index is 11.8. The standard InChI is InChI=1S/C13H20O2/c1-9(8-14)10-5-6-11-12(15)4-3-7-13(10,11)2/h8-11H,3-7H2,1-2H3/t9-,10-,11?,13-/m1/s1. The summed E-state index contributed by atoms with van der Waals surface area (Å²) in [6, 6.07) is 0. The highest BCUT2D eigenvalue weighted by Crippen LogP contribution is 2.56. The van der Waals surface area contributed by atoms with Gasteiger partial charge in [-0.3, -0.25) is 4.79 Å². The minimum Gasteiger partial charge on any atom is -0.303 e. The van der Waals surface area contributed by atoms with Crippen LogP contribution in [-0.2, 0) is 9.59 Å². The predicted molar refractivity (Wildman–Crippen MR) is 58.4 cm³/mol. The average Bonchev–Trinajstić information content (AvgIpc) is 2.56. The van der Waals surface area contributed by atoms with Gasteiger partial charge in [-0.15, -0.1) is 0 Å². The summed E-state index contributed by atoms with van der Waals surface area (Å²) in [6.07, 6.45) is 6.06. The van der Waals surface area contributed by atoms with Gasteiger partial charge in [0.15, 0.2) is 0 Å². The van der Waals surface area contributed by atoms with Crippen LogP contribution in [-0.4, -0.2) is 12.1 Å². The van der Waals surface area contributed by atoms with Crippen molar-refractivity contribution in [3.63, 3.8) is 0 Å². The van der Waals surface area contributed by atoms with Crippen molar-refractivity contribution in [2.24, 2.45) is 23.2 Å². The number of hydrogen-bond acceptors (Lipinski definition) is 2. The van der Waals surface area contributed by atoms with E-state index in [4.69, 9.17) is 0 Å². The third-order valence-electron chi connectivity index (χ3n) is 4.79. The van der Waals surface area contributed by atoms with Crippen molar-refractivity contribution in [2.45, 2.75) is 46.0 Å². The highest BCUT2D eigenvalue weighted by atomic mass is 16.1. The molecule has 2 aliphatic carbocycles. The molecule has 2 saturated carbocycles. The second-order valence-corrected chi connectivity index (χ2v) is 5.56. The zero-order chi connectivity index (χ0) is 11.1. The van der Waals surface area contributed by atoms with Crippen molar-refractivity contribution in [1.29, 1.82) is 0 Å². The lowest BCUT2D eigenvalue weighted by molar-refractivity contribution is -0.131. The van der Waals surface area contributed by atoms with Gasteiger partial charge < -0.3 is 4.79 Å².